The molecule has 0 saturated carbocycles. The highest BCUT2D eigenvalue weighted by Gasteiger charge is 2.28. The van der Waals surface area contributed by atoms with Crippen molar-refractivity contribution in [2.75, 3.05) is 26.9 Å². The zero-order valence-electron chi connectivity index (χ0n) is 15.0. The number of hydrogen-bond acceptors (Lipinski definition) is 4. The topological polar surface area (TPSA) is 50.4 Å². The van der Waals surface area contributed by atoms with Crippen LogP contribution >= 0.6 is 0 Å². The fraction of sp³-hybridized carbons (Fsp3) is 0.526. The molecule has 0 radical (unpaired) electrons. The van der Waals surface area contributed by atoms with Crippen molar-refractivity contribution in [3.05, 3.63) is 47.5 Å². The lowest BCUT2D eigenvalue weighted by atomic mass is 9.93. The molecule has 1 fully saturated rings. The van der Waals surface area contributed by atoms with Crippen molar-refractivity contribution < 1.29 is 9.47 Å². The van der Waals surface area contributed by atoms with Gasteiger partial charge in [0, 0.05) is 30.4 Å². The van der Waals surface area contributed by atoms with Gasteiger partial charge in [-0.1, -0.05) is 32.9 Å². The second-order valence-electron chi connectivity index (χ2n) is 7.34. The lowest BCUT2D eigenvalue weighted by molar-refractivity contribution is -0.0157. The van der Waals surface area contributed by atoms with Gasteiger partial charge in [0.25, 0.3) is 0 Å². The normalized spacial score (nSPS) is 19.4. The van der Waals surface area contributed by atoms with Gasteiger partial charge in [-0.3, -0.25) is 4.90 Å². The minimum atomic E-state index is 0.0710. The van der Waals surface area contributed by atoms with E-state index in [9.17, 15) is 0 Å². The lowest BCUT2D eigenvalue weighted by Crippen LogP contribution is -2.39. The Morgan fingerprint density at radius 3 is 2.67 bits per heavy atom. The van der Waals surface area contributed by atoms with Crippen LogP contribution in [0.1, 0.15) is 43.9 Å². The molecule has 130 valence electrons. The number of methoxy groups -OCH3 is 1. The van der Waals surface area contributed by atoms with Gasteiger partial charge in [0.2, 0.25) is 0 Å². The first-order valence-electron chi connectivity index (χ1n) is 8.47. The highest BCUT2D eigenvalue weighted by atomic mass is 16.5. The molecule has 5 heteroatoms. The Balaban J connectivity index is 1.76. The molecule has 2 aromatic rings. The quantitative estimate of drug-likeness (QED) is 0.935. The zero-order valence-corrected chi connectivity index (χ0v) is 15.0. The molecule has 0 bridgehead atoms. The first-order valence-corrected chi connectivity index (χ1v) is 8.47. The van der Waals surface area contributed by atoms with Gasteiger partial charge in [-0.05, 0) is 17.7 Å². The van der Waals surface area contributed by atoms with Crippen LogP contribution in [0.5, 0.6) is 5.75 Å². The molecule has 1 aromatic carbocycles. The van der Waals surface area contributed by atoms with Gasteiger partial charge < -0.3 is 14.5 Å². The van der Waals surface area contributed by atoms with Gasteiger partial charge in [-0.2, -0.15) is 0 Å². The Kier molecular flexibility index (Phi) is 4.92. The molecule has 1 aliphatic rings. The molecule has 1 aliphatic heterocycles. The molecule has 1 saturated heterocycles. The summed E-state index contributed by atoms with van der Waals surface area (Å²) in [5, 5.41) is 0. The molecule has 1 aromatic heterocycles. The van der Waals surface area contributed by atoms with Crippen molar-refractivity contribution in [2.24, 2.45) is 0 Å². The second kappa shape index (κ2) is 6.95. The Morgan fingerprint density at radius 2 is 2.04 bits per heavy atom. The summed E-state index contributed by atoms with van der Waals surface area (Å²) in [6.45, 7) is 9.79. The van der Waals surface area contributed by atoms with Crippen molar-refractivity contribution in [3.63, 3.8) is 0 Å². The van der Waals surface area contributed by atoms with E-state index in [0.29, 0.717) is 6.61 Å². The predicted molar refractivity (Wildman–Crippen MR) is 94.3 cm³/mol. The SMILES string of the molecule is COc1ccc(CN2CCOCC2c2ncc(C(C)(C)C)[nH]2)cc1. The minimum Gasteiger partial charge on any atom is -0.497 e. The maximum absolute atomic E-state index is 5.71. The van der Waals surface area contributed by atoms with E-state index in [1.807, 2.05) is 18.3 Å². The Morgan fingerprint density at radius 1 is 1.29 bits per heavy atom. The molecule has 0 spiro atoms. The Labute approximate surface area is 144 Å². The maximum atomic E-state index is 5.71. The van der Waals surface area contributed by atoms with Crippen molar-refractivity contribution in [2.45, 2.75) is 38.8 Å². The first-order chi connectivity index (χ1) is 11.5. The standard InChI is InChI=1S/C19H27N3O2/c1-19(2,3)17-11-20-18(21-17)16-13-24-10-9-22(16)12-14-5-7-15(23-4)8-6-14/h5-8,11,16H,9-10,12-13H2,1-4H3,(H,20,21). The van der Waals surface area contributed by atoms with Crippen molar-refractivity contribution in [3.8, 4) is 5.75 Å². The monoisotopic (exact) mass is 329 g/mol. The summed E-state index contributed by atoms with van der Waals surface area (Å²) >= 11 is 0. The number of hydrogen-bond donors (Lipinski definition) is 1. The molecule has 3 rings (SSSR count). The fourth-order valence-electron chi connectivity index (χ4n) is 2.93. The third-order valence-electron chi connectivity index (χ3n) is 4.50. The second-order valence-corrected chi connectivity index (χ2v) is 7.34. The van der Waals surface area contributed by atoms with Crippen LogP contribution in [0.2, 0.25) is 0 Å². The predicted octanol–water partition coefficient (Wildman–Crippen LogP) is 3.29. The summed E-state index contributed by atoms with van der Waals surface area (Å²) in [4.78, 5) is 10.6. The molecule has 1 N–H and O–H groups in total. The summed E-state index contributed by atoms with van der Waals surface area (Å²) in [7, 11) is 1.69. The molecule has 0 aliphatic carbocycles. The van der Waals surface area contributed by atoms with Crippen LogP contribution in [-0.4, -0.2) is 41.7 Å². The first kappa shape index (κ1) is 17.0. The minimum absolute atomic E-state index is 0.0710. The lowest BCUT2D eigenvalue weighted by Gasteiger charge is -2.34. The van der Waals surface area contributed by atoms with Crippen LogP contribution in [0.25, 0.3) is 0 Å². The van der Waals surface area contributed by atoms with Crippen molar-refractivity contribution in [1.82, 2.24) is 14.9 Å². The largest absolute Gasteiger partial charge is 0.497 e. The van der Waals surface area contributed by atoms with Crippen molar-refractivity contribution >= 4 is 0 Å². The molecule has 2 heterocycles. The van der Waals surface area contributed by atoms with E-state index in [1.165, 1.54) is 5.56 Å². The molecule has 1 atom stereocenters. The van der Waals surface area contributed by atoms with Gasteiger partial charge >= 0.3 is 0 Å². The van der Waals surface area contributed by atoms with E-state index in [4.69, 9.17) is 9.47 Å². The average molecular weight is 329 g/mol. The molecular weight excluding hydrogens is 302 g/mol. The van der Waals surface area contributed by atoms with Crippen LogP contribution < -0.4 is 4.74 Å². The smallest absolute Gasteiger partial charge is 0.126 e. The third kappa shape index (κ3) is 3.79. The Bertz CT molecular complexity index is 658. The molecule has 0 amide bonds. The fourth-order valence-corrected chi connectivity index (χ4v) is 2.93. The molecule has 1 unspecified atom stereocenters. The zero-order chi connectivity index (χ0) is 17.2. The van der Waals surface area contributed by atoms with Crippen LogP contribution in [0, 0.1) is 0 Å². The average Bonchev–Trinajstić information content (AvgIpc) is 3.06. The van der Waals surface area contributed by atoms with Crippen molar-refractivity contribution in [1.29, 1.82) is 0 Å². The highest BCUT2D eigenvalue weighted by molar-refractivity contribution is 5.27. The van der Waals surface area contributed by atoms with Gasteiger partial charge in [0.05, 0.1) is 26.4 Å². The summed E-state index contributed by atoms with van der Waals surface area (Å²) in [5.74, 6) is 1.88. The van der Waals surface area contributed by atoms with E-state index in [0.717, 1.165) is 37.0 Å². The number of H-pyrrole nitrogens is 1. The summed E-state index contributed by atoms with van der Waals surface area (Å²) in [5.41, 5.74) is 2.50. The summed E-state index contributed by atoms with van der Waals surface area (Å²) in [6, 6.07) is 8.42. The summed E-state index contributed by atoms with van der Waals surface area (Å²) in [6.07, 6.45) is 1.95. The number of aromatic amines is 1. The number of nitrogens with one attached hydrogen (secondary N) is 1. The summed E-state index contributed by atoms with van der Waals surface area (Å²) < 4.78 is 10.9. The number of morpholine rings is 1. The number of ether oxygens (including phenoxy) is 2. The molecular formula is C19H27N3O2. The van der Waals surface area contributed by atoms with E-state index in [2.05, 4.69) is 47.8 Å². The van der Waals surface area contributed by atoms with Gasteiger partial charge in [0.1, 0.15) is 11.6 Å². The number of nitrogens with zero attached hydrogens (tertiary/aromatic N) is 2. The number of rotatable bonds is 4. The van der Waals surface area contributed by atoms with E-state index >= 15 is 0 Å². The van der Waals surface area contributed by atoms with Gasteiger partial charge in [-0.15, -0.1) is 0 Å². The third-order valence-corrected chi connectivity index (χ3v) is 4.50. The van der Waals surface area contributed by atoms with E-state index in [1.54, 1.807) is 7.11 Å². The van der Waals surface area contributed by atoms with Gasteiger partial charge in [-0.25, -0.2) is 4.98 Å². The van der Waals surface area contributed by atoms with Gasteiger partial charge in [0.15, 0.2) is 0 Å². The number of imidazole rings is 1. The molecule has 24 heavy (non-hydrogen) atoms. The Hall–Kier alpha value is -1.85. The number of aromatic nitrogens is 2. The molecule has 5 nitrogen and oxygen atoms in total. The van der Waals surface area contributed by atoms with E-state index < -0.39 is 0 Å². The van der Waals surface area contributed by atoms with Crippen LogP contribution in [0.4, 0.5) is 0 Å². The maximum Gasteiger partial charge on any atom is 0.126 e. The number of benzene rings is 1. The van der Waals surface area contributed by atoms with Crippen LogP contribution in [-0.2, 0) is 16.7 Å². The van der Waals surface area contributed by atoms with Crippen LogP contribution in [0.15, 0.2) is 30.5 Å². The highest BCUT2D eigenvalue weighted by Crippen LogP contribution is 2.27. The van der Waals surface area contributed by atoms with Crippen LogP contribution in [0.3, 0.4) is 0 Å². The van der Waals surface area contributed by atoms with E-state index in [-0.39, 0.29) is 11.5 Å².